The molecule has 2 aromatic rings. The van der Waals surface area contributed by atoms with Crippen LogP contribution in [0.5, 0.6) is 0 Å². The highest BCUT2D eigenvalue weighted by Gasteiger charge is 2.54. The van der Waals surface area contributed by atoms with Gasteiger partial charge in [0.2, 0.25) is 0 Å². The van der Waals surface area contributed by atoms with Crippen LogP contribution in [0.4, 0.5) is 0 Å². The van der Waals surface area contributed by atoms with Gasteiger partial charge in [-0.1, -0.05) is 54.1 Å². The van der Waals surface area contributed by atoms with Gasteiger partial charge < -0.3 is 15.2 Å². The molecule has 0 radical (unpaired) electrons. The maximum Gasteiger partial charge on any atom is 0.315 e. The molecule has 0 amide bonds. The molecule has 150 valence electrons. The largest absolute Gasteiger partial charge is 0.466 e. The average Bonchev–Trinajstić information content (AvgIpc) is 2.74. The second-order valence-corrected chi connectivity index (χ2v) is 7.83. The maximum atomic E-state index is 13.1. The number of carbonyl (C=O) groups excluding carboxylic acids is 1. The van der Waals surface area contributed by atoms with E-state index >= 15 is 0 Å². The number of carbonyl (C=O) groups is 1. The standard InChI is InChI=1S/C22H21ClN2O3S/c1-3-28-21(26)19-18(14-9-11-16(23)12-10-14)17(13-24)20(29-2)25-22(19,27)15-7-5-4-6-8-15/h4-12,18-19,25,27H,3H2,1-2H3. The molecule has 3 unspecified atom stereocenters. The van der Waals surface area contributed by atoms with E-state index in [0.29, 0.717) is 26.8 Å². The predicted octanol–water partition coefficient (Wildman–Crippen LogP) is 4.15. The SMILES string of the molecule is CCOC(=O)C1C(c2ccc(Cl)cc2)C(C#N)=C(SC)NC1(O)c1ccccc1. The number of halogens is 1. The summed E-state index contributed by atoms with van der Waals surface area (Å²) in [6.07, 6.45) is 1.81. The molecule has 0 spiro atoms. The van der Waals surface area contributed by atoms with Crippen LogP contribution >= 0.6 is 23.4 Å². The van der Waals surface area contributed by atoms with E-state index in [4.69, 9.17) is 16.3 Å². The summed E-state index contributed by atoms with van der Waals surface area (Å²) in [5, 5.41) is 25.8. The molecule has 0 fully saturated rings. The average molecular weight is 429 g/mol. The number of nitriles is 1. The van der Waals surface area contributed by atoms with Gasteiger partial charge in [0.05, 0.1) is 23.3 Å². The molecule has 2 aromatic carbocycles. The number of thioether (sulfide) groups is 1. The summed E-state index contributed by atoms with van der Waals surface area (Å²) in [6.45, 7) is 1.87. The number of hydrogen-bond acceptors (Lipinski definition) is 6. The monoisotopic (exact) mass is 428 g/mol. The first-order valence-electron chi connectivity index (χ1n) is 9.12. The number of rotatable bonds is 5. The Bertz CT molecular complexity index is 956. The fourth-order valence-electron chi connectivity index (χ4n) is 3.66. The lowest BCUT2D eigenvalue weighted by Gasteiger charge is -2.45. The van der Waals surface area contributed by atoms with E-state index in [2.05, 4.69) is 11.4 Å². The minimum atomic E-state index is -1.75. The normalized spacial score (nSPS) is 23.8. The molecular formula is C22H21ClN2O3S. The van der Waals surface area contributed by atoms with Gasteiger partial charge in [0, 0.05) is 16.5 Å². The molecule has 7 heteroatoms. The van der Waals surface area contributed by atoms with Crippen molar-refractivity contribution in [3.63, 3.8) is 0 Å². The lowest BCUT2D eigenvalue weighted by atomic mass is 9.71. The molecule has 1 heterocycles. The van der Waals surface area contributed by atoms with Gasteiger partial charge in [0.1, 0.15) is 5.92 Å². The van der Waals surface area contributed by atoms with Gasteiger partial charge in [-0.15, -0.1) is 11.8 Å². The molecule has 0 aliphatic carbocycles. The highest BCUT2D eigenvalue weighted by atomic mass is 35.5. The van der Waals surface area contributed by atoms with E-state index in [-0.39, 0.29) is 6.61 Å². The molecule has 29 heavy (non-hydrogen) atoms. The van der Waals surface area contributed by atoms with Crippen LogP contribution < -0.4 is 5.32 Å². The fourth-order valence-corrected chi connectivity index (χ4v) is 4.44. The van der Waals surface area contributed by atoms with E-state index in [0.717, 1.165) is 0 Å². The summed E-state index contributed by atoms with van der Waals surface area (Å²) < 4.78 is 5.33. The van der Waals surface area contributed by atoms with Gasteiger partial charge in [-0.25, -0.2) is 0 Å². The smallest absolute Gasteiger partial charge is 0.315 e. The molecule has 0 saturated heterocycles. The van der Waals surface area contributed by atoms with Gasteiger partial charge in [-0.05, 0) is 30.9 Å². The summed E-state index contributed by atoms with van der Waals surface area (Å²) in [5.41, 5.74) is -0.165. The van der Waals surface area contributed by atoms with Crippen LogP contribution in [0.1, 0.15) is 24.0 Å². The molecule has 3 atom stereocenters. The number of hydrogen-bond donors (Lipinski definition) is 2. The molecule has 0 saturated carbocycles. The Morgan fingerprint density at radius 3 is 2.48 bits per heavy atom. The third-order valence-electron chi connectivity index (χ3n) is 4.95. The van der Waals surface area contributed by atoms with Crippen molar-refractivity contribution in [2.75, 3.05) is 12.9 Å². The van der Waals surface area contributed by atoms with Crippen molar-refractivity contribution in [2.24, 2.45) is 5.92 Å². The quantitative estimate of drug-likeness (QED) is 0.696. The van der Waals surface area contributed by atoms with Crippen LogP contribution in [0.25, 0.3) is 0 Å². The minimum absolute atomic E-state index is 0.161. The number of aliphatic hydroxyl groups is 1. The molecule has 5 nitrogen and oxygen atoms in total. The number of benzene rings is 2. The van der Waals surface area contributed by atoms with Crippen LogP contribution in [0, 0.1) is 17.2 Å². The number of esters is 1. The van der Waals surface area contributed by atoms with Gasteiger partial charge >= 0.3 is 5.97 Å². The minimum Gasteiger partial charge on any atom is -0.466 e. The Hall–Kier alpha value is -2.46. The number of ether oxygens (including phenoxy) is 1. The van der Waals surface area contributed by atoms with E-state index in [1.54, 1.807) is 55.5 Å². The Morgan fingerprint density at radius 1 is 1.28 bits per heavy atom. The Morgan fingerprint density at radius 2 is 1.93 bits per heavy atom. The zero-order chi connectivity index (χ0) is 21.0. The second kappa shape index (κ2) is 8.91. The summed E-state index contributed by atoms with van der Waals surface area (Å²) in [5.74, 6) is -2.36. The number of nitrogens with zero attached hydrogens (tertiary/aromatic N) is 1. The van der Waals surface area contributed by atoms with Crippen molar-refractivity contribution in [2.45, 2.75) is 18.6 Å². The lowest BCUT2D eigenvalue weighted by molar-refractivity contribution is -0.164. The summed E-state index contributed by atoms with van der Waals surface area (Å²) in [4.78, 5) is 13.1. The van der Waals surface area contributed by atoms with Crippen molar-refractivity contribution in [1.82, 2.24) is 5.32 Å². The molecule has 1 aliphatic rings. The highest BCUT2D eigenvalue weighted by Crippen LogP contribution is 2.48. The fraction of sp³-hybridized carbons (Fsp3) is 0.273. The van der Waals surface area contributed by atoms with Crippen LogP contribution in [0.2, 0.25) is 5.02 Å². The zero-order valence-electron chi connectivity index (χ0n) is 16.1. The Kier molecular flexibility index (Phi) is 6.53. The molecule has 3 rings (SSSR count). The van der Waals surface area contributed by atoms with Crippen LogP contribution in [-0.4, -0.2) is 23.9 Å². The summed E-state index contributed by atoms with van der Waals surface area (Å²) >= 11 is 7.35. The third-order valence-corrected chi connectivity index (χ3v) is 5.93. The zero-order valence-corrected chi connectivity index (χ0v) is 17.6. The molecule has 2 N–H and O–H groups in total. The lowest BCUT2D eigenvalue weighted by Crippen LogP contribution is -2.56. The van der Waals surface area contributed by atoms with E-state index < -0.39 is 23.5 Å². The first-order chi connectivity index (χ1) is 14.0. The van der Waals surface area contributed by atoms with Crippen molar-refractivity contribution in [1.29, 1.82) is 5.26 Å². The van der Waals surface area contributed by atoms with E-state index in [1.807, 2.05) is 12.3 Å². The van der Waals surface area contributed by atoms with Gasteiger partial charge in [-0.3, -0.25) is 4.79 Å². The molecular weight excluding hydrogens is 408 g/mol. The number of nitrogens with one attached hydrogen (secondary N) is 1. The van der Waals surface area contributed by atoms with Crippen molar-refractivity contribution >= 4 is 29.3 Å². The molecule has 1 aliphatic heterocycles. The molecule has 0 bridgehead atoms. The van der Waals surface area contributed by atoms with Gasteiger partial charge in [0.25, 0.3) is 0 Å². The van der Waals surface area contributed by atoms with Crippen molar-refractivity contribution in [3.8, 4) is 6.07 Å². The van der Waals surface area contributed by atoms with Gasteiger partial charge in [-0.2, -0.15) is 5.26 Å². The summed E-state index contributed by atoms with van der Waals surface area (Å²) in [6, 6.07) is 18.1. The molecule has 0 aromatic heterocycles. The first-order valence-corrected chi connectivity index (χ1v) is 10.7. The Balaban J connectivity index is 2.28. The second-order valence-electron chi connectivity index (χ2n) is 6.58. The predicted molar refractivity (Wildman–Crippen MR) is 114 cm³/mol. The first kappa shape index (κ1) is 21.3. The van der Waals surface area contributed by atoms with Crippen LogP contribution in [0.15, 0.2) is 65.2 Å². The van der Waals surface area contributed by atoms with Crippen LogP contribution in [0.3, 0.4) is 0 Å². The third kappa shape index (κ3) is 3.99. The van der Waals surface area contributed by atoms with E-state index in [1.165, 1.54) is 11.8 Å². The highest BCUT2D eigenvalue weighted by molar-refractivity contribution is 8.02. The number of allylic oxidation sites excluding steroid dienone is 1. The maximum absolute atomic E-state index is 13.1. The van der Waals surface area contributed by atoms with Crippen LogP contribution in [-0.2, 0) is 15.3 Å². The van der Waals surface area contributed by atoms with Crippen molar-refractivity contribution in [3.05, 3.63) is 81.3 Å². The topological polar surface area (TPSA) is 82.4 Å². The summed E-state index contributed by atoms with van der Waals surface area (Å²) in [7, 11) is 0. The van der Waals surface area contributed by atoms with Gasteiger partial charge in [0.15, 0.2) is 5.72 Å². The van der Waals surface area contributed by atoms with E-state index in [9.17, 15) is 15.2 Å². The Labute approximate surface area is 179 Å². The van der Waals surface area contributed by atoms with Crippen molar-refractivity contribution < 1.29 is 14.6 Å².